The van der Waals surface area contributed by atoms with Crippen LogP contribution in [-0.4, -0.2) is 33.5 Å². The third-order valence-corrected chi connectivity index (χ3v) is 5.28. The van der Waals surface area contributed by atoms with Gasteiger partial charge >= 0.3 is 0 Å². The van der Waals surface area contributed by atoms with Gasteiger partial charge in [0.25, 0.3) is 0 Å². The molecule has 10 heteroatoms. The molecular formula is C22H22F2N4O3S. The number of nitrogens with zero attached hydrogens (tertiary/aromatic N) is 3. The van der Waals surface area contributed by atoms with E-state index in [1.165, 1.54) is 6.07 Å². The molecule has 1 amide bonds. The van der Waals surface area contributed by atoms with Gasteiger partial charge in [0.1, 0.15) is 23.1 Å². The molecule has 2 aromatic carbocycles. The van der Waals surface area contributed by atoms with E-state index in [1.54, 1.807) is 23.8 Å². The highest BCUT2D eigenvalue weighted by Gasteiger charge is 2.20. The Morgan fingerprint density at radius 1 is 1.25 bits per heavy atom. The molecule has 0 radical (unpaired) electrons. The molecule has 32 heavy (non-hydrogen) atoms. The molecule has 0 aliphatic heterocycles. The molecule has 1 aromatic heterocycles. The first-order valence-electron chi connectivity index (χ1n) is 9.63. The zero-order valence-corrected chi connectivity index (χ0v) is 18.4. The summed E-state index contributed by atoms with van der Waals surface area (Å²) < 4.78 is 39.7. The number of rotatable bonds is 10. The maximum Gasteiger partial charge on any atom is 0.234 e. The summed E-state index contributed by atoms with van der Waals surface area (Å²) in [4.78, 5) is 12.2. The Kier molecular flexibility index (Phi) is 7.82. The molecule has 7 nitrogen and oxygen atoms in total. The molecule has 1 N–H and O–H groups in total. The number of benzene rings is 2. The quantitative estimate of drug-likeness (QED) is 0.351. The Bertz CT molecular complexity index is 1110. The lowest BCUT2D eigenvalue weighted by atomic mass is 10.3. The minimum Gasteiger partial charge on any atom is -0.497 e. The van der Waals surface area contributed by atoms with Crippen molar-refractivity contribution in [3.63, 3.8) is 0 Å². The van der Waals surface area contributed by atoms with Crippen molar-refractivity contribution in [1.82, 2.24) is 14.8 Å². The van der Waals surface area contributed by atoms with Gasteiger partial charge in [0, 0.05) is 18.7 Å². The molecule has 168 valence electrons. The molecule has 0 aliphatic rings. The highest BCUT2D eigenvalue weighted by atomic mass is 32.2. The van der Waals surface area contributed by atoms with Crippen molar-refractivity contribution in [2.75, 3.05) is 18.2 Å². The molecule has 0 spiro atoms. The Morgan fingerprint density at radius 3 is 2.75 bits per heavy atom. The van der Waals surface area contributed by atoms with Gasteiger partial charge in [-0.3, -0.25) is 9.36 Å². The average Bonchev–Trinajstić information content (AvgIpc) is 3.17. The van der Waals surface area contributed by atoms with Gasteiger partial charge in [0.2, 0.25) is 5.91 Å². The van der Waals surface area contributed by atoms with Gasteiger partial charge < -0.3 is 14.8 Å². The van der Waals surface area contributed by atoms with Crippen LogP contribution in [0.3, 0.4) is 0 Å². The summed E-state index contributed by atoms with van der Waals surface area (Å²) in [6.45, 7) is 6.00. The molecule has 0 aliphatic carbocycles. The minimum atomic E-state index is -0.844. The van der Waals surface area contributed by atoms with Gasteiger partial charge in [-0.25, -0.2) is 8.78 Å². The summed E-state index contributed by atoms with van der Waals surface area (Å²) in [7, 11) is 1.58. The van der Waals surface area contributed by atoms with Gasteiger partial charge in [-0.15, -0.1) is 16.8 Å². The second-order valence-corrected chi connectivity index (χ2v) is 7.58. The summed E-state index contributed by atoms with van der Waals surface area (Å²) in [6.07, 6.45) is 1.24. The molecule has 0 saturated heterocycles. The van der Waals surface area contributed by atoms with E-state index in [0.717, 1.165) is 17.8 Å². The monoisotopic (exact) mass is 460 g/mol. The molecule has 0 bridgehead atoms. The van der Waals surface area contributed by atoms with Gasteiger partial charge in [0.05, 0.1) is 18.6 Å². The predicted octanol–water partition coefficient (Wildman–Crippen LogP) is 4.62. The van der Waals surface area contributed by atoms with Crippen LogP contribution in [-0.2, 0) is 11.3 Å². The average molecular weight is 461 g/mol. The molecular weight excluding hydrogens is 438 g/mol. The smallest absolute Gasteiger partial charge is 0.234 e. The number of hydrogen-bond donors (Lipinski definition) is 1. The Labute approximate surface area is 188 Å². The molecule has 1 atom stereocenters. The summed E-state index contributed by atoms with van der Waals surface area (Å²) in [6, 6.07) is 10.2. The van der Waals surface area contributed by atoms with Crippen molar-refractivity contribution in [2.45, 2.75) is 24.7 Å². The Balaban J connectivity index is 1.68. The zero-order chi connectivity index (χ0) is 23.1. The van der Waals surface area contributed by atoms with Gasteiger partial charge in [-0.05, 0) is 31.2 Å². The number of amides is 1. The Morgan fingerprint density at radius 2 is 2.03 bits per heavy atom. The second kappa shape index (κ2) is 10.8. The number of carbonyl (C=O) groups is 1. The normalized spacial score (nSPS) is 11.6. The van der Waals surface area contributed by atoms with Crippen LogP contribution < -0.4 is 14.8 Å². The number of hydrogen-bond acceptors (Lipinski definition) is 6. The van der Waals surface area contributed by atoms with E-state index in [0.29, 0.717) is 35.1 Å². The first-order valence-corrected chi connectivity index (χ1v) is 10.6. The summed E-state index contributed by atoms with van der Waals surface area (Å²) in [5.74, 6) is -0.232. The number of aromatic nitrogens is 3. The highest BCUT2D eigenvalue weighted by molar-refractivity contribution is 7.99. The highest BCUT2D eigenvalue weighted by Crippen LogP contribution is 2.27. The number of nitrogens with one attached hydrogen (secondary N) is 1. The van der Waals surface area contributed by atoms with Crippen molar-refractivity contribution in [2.24, 2.45) is 0 Å². The molecule has 1 unspecified atom stereocenters. The van der Waals surface area contributed by atoms with E-state index in [4.69, 9.17) is 9.47 Å². The van der Waals surface area contributed by atoms with Crippen LogP contribution in [0.4, 0.5) is 14.5 Å². The predicted molar refractivity (Wildman–Crippen MR) is 118 cm³/mol. The van der Waals surface area contributed by atoms with Crippen LogP contribution in [0.1, 0.15) is 18.9 Å². The molecule has 3 aromatic rings. The maximum atomic E-state index is 13.7. The molecule has 1 heterocycles. The van der Waals surface area contributed by atoms with Crippen LogP contribution in [0, 0.1) is 11.6 Å². The minimum absolute atomic E-state index is 0.0444. The van der Waals surface area contributed by atoms with E-state index >= 15 is 0 Å². The topological polar surface area (TPSA) is 78.3 Å². The van der Waals surface area contributed by atoms with Crippen molar-refractivity contribution in [3.8, 4) is 11.5 Å². The lowest BCUT2D eigenvalue weighted by Crippen LogP contribution is -2.16. The third kappa shape index (κ3) is 5.85. The van der Waals surface area contributed by atoms with Crippen LogP contribution in [0.5, 0.6) is 11.5 Å². The van der Waals surface area contributed by atoms with E-state index in [2.05, 4.69) is 22.1 Å². The zero-order valence-electron chi connectivity index (χ0n) is 17.5. The standard InChI is InChI=1S/C22H22F2N4O3S/c1-4-10-28-21(14(2)31-17-7-5-6-16(12-17)30-3)26-27-22(28)32-13-20(29)25-19-9-8-15(23)11-18(19)24/h4-9,11-12,14H,1,10,13H2,2-3H3,(H,25,29). The van der Waals surface area contributed by atoms with Crippen LogP contribution in [0.15, 0.2) is 60.3 Å². The fourth-order valence-corrected chi connectivity index (χ4v) is 3.60. The number of ether oxygens (including phenoxy) is 2. The lowest BCUT2D eigenvalue weighted by molar-refractivity contribution is -0.113. The van der Waals surface area contributed by atoms with Gasteiger partial charge in [-0.2, -0.15) is 0 Å². The summed E-state index contributed by atoms with van der Waals surface area (Å²) >= 11 is 1.13. The van der Waals surface area contributed by atoms with Crippen LogP contribution in [0.2, 0.25) is 0 Å². The van der Waals surface area contributed by atoms with E-state index in [-0.39, 0.29) is 11.4 Å². The van der Waals surface area contributed by atoms with Crippen molar-refractivity contribution >= 4 is 23.4 Å². The van der Waals surface area contributed by atoms with Crippen molar-refractivity contribution < 1.29 is 23.0 Å². The van der Waals surface area contributed by atoms with E-state index in [1.807, 2.05) is 25.1 Å². The molecule has 3 rings (SSSR count). The number of allylic oxidation sites excluding steroid dienone is 1. The van der Waals surface area contributed by atoms with Crippen molar-refractivity contribution in [3.05, 3.63) is 72.6 Å². The van der Waals surface area contributed by atoms with E-state index in [9.17, 15) is 13.6 Å². The summed E-state index contributed by atoms with van der Waals surface area (Å²) in [5.41, 5.74) is -0.0921. The second-order valence-electron chi connectivity index (χ2n) is 6.64. The van der Waals surface area contributed by atoms with E-state index < -0.39 is 23.6 Å². The third-order valence-electron chi connectivity index (χ3n) is 4.31. The number of carbonyl (C=O) groups excluding carboxylic acids is 1. The first kappa shape index (κ1) is 23.3. The molecule has 0 saturated carbocycles. The number of thioether (sulfide) groups is 1. The fourth-order valence-electron chi connectivity index (χ4n) is 2.85. The summed E-state index contributed by atoms with van der Waals surface area (Å²) in [5, 5.41) is 11.3. The fraction of sp³-hybridized carbons (Fsp3) is 0.227. The Hall–Kier alpha value is -3.40. The van der Waals surface area contributed by atoms with Gasteiger partial charge in [0.15, 0.2) is 17.1 Å². The SMILES string of the molecule is C=CCn1c(SCC(=O)Nc2ccc(F)cc2F)nnc1C(C)Oc1cccc(OC)c1. The van der Waals surface area contributed by atoms with Gasteiger partial charge in [-0.1, -0.05) is 23.9 Å². The van der Waals surface area contributed by atoms with Crippen molar-refractivity contribution in [1.29, 1.82) is 0 Å². The maximum absolute atomic E-state index is 13.7. The first-order chi connectivity index (χ1) is 15.4. The molecule has 0 fully saturated rings. The number of halogens is 2. The number of methoxy groups -OCH3 is 1. The van der Waals surface area contributed by atoms with Crippen LogP contribution in [0.25, 0.3) is 0 Å². The largest absolute Gasteiger partial charge is 0.497 e. The number of anilines is 1. The van der Waals surface area contributed by atoms with Crippen LogP contribution >= 0.6 is 11.8 Å². The lowest BCUT2D eigenvalue weighted by Gasteiger charge is -2.16.